The number of hydrogen-bond donors (Lipinski definition) is 2. The lowest BCUT2D eigenvalue weighted by molar-refractivity contribution is 0.555. The molecule has 1 heterocycles. The van der Waals surface area contributed by atoms with E-state index in [1.807, 2.05) is 0 Å². The largest absolute Gasteiger partial charge is 0.271 e. The van der Waals surface area contributed by atoms with Gasteiger partial charge in [0.15, 0.2) is 0 Å². The van der Waals surface area contributed by atoms with E-state index in [1.165, 1.54) is 26.8 Å². The molecule has 0 spiro atoms. The van der Waals surface area contributed by atoms with Gasteiger partial charge in [-0.2, -0.15) is 0 Å². The van der Waals surface area contributed by atoms with Crippen LogP contribution in [0, 0.1) is 6.92 Å². The van der Waals surface area contributed by atoms with E-state index in [1.54, 1.807) is 11.3 Å². The van der Waals surface area contributed by atoms with E-state index in [4.69, 9.17) is 5.84 Å². The highest BCUT2D eigenvalue weighted by Crippen LogP contribution is 2.26. The zero-order valence-electron chi connectivity index (χ0n) is 11.5. The van der Waals surface area contributed by atoms with Crippen molar-refractivity contribution < 1.29 is 0 Å². The van der Waals surface area contributed by atoms with E-state index in [0.717, 1.165) is 6.42 Å². The molecule has 0 fully saturated rings. The highest BCUT2D eigenvalue weighted by atomic mass is 32.1. The third kappa shape index (κ3) is 2.61. The van der Waals surface area contributed by atoms with Gasteiger partial charge in [-0.15, -0.1) is 11.3 Å². The number of aryl methyl sites for hydroxylation is 1. The fourth-order valence-electron chi connectivity index (χ4n) is 2.61. The van der Waals surface area contributed by atoms with Gasteiger partial charge in [-0.25, -0.2) is 0 Å². The van der Waals surface area contributed by atoms with Gasteiger partial charge in [-0.1, -0.05) is 42.5 Å². The first-order valence-electron chi connectivity index (χ1n) is 6.76. The summed E-state index contributed by atoms with van der Waals surface area (Å²) < 4.78 is 0. The number of nitrogens with one attached hydrogen (secondary N) is 1. The molecule has 2 aromatic carbocycles. The minimum absolute atomic E-state index is 0.158. The Hall–Kier alpha value is -1.68. The Morgan fingerprint density at radius 3 is 2.70 bits per heavy atom. The number of hydrazine groups is 1. The molecule has 0 bridgehead atoms. The molecule has 102 valence electrons. The van der Waals surface area contributed by atoms with Crippen molar-refractivity contribution in [3.63, 3.8) is 0 Å². The first-order chi connectivity index (χ1) is 9.78. The van der Waals surface area contributed by atoms with Crippen molar-refractivity contribution >= 4 is 22.1 Å². The molecule has 20 heavy (non-hydrogen) atoms. The second kappa shape index (κ2) is 5.75. The maximum Gasteiger partial charge on any atom is 0.0508 e. The standard InChI is InChI=1S/C17H18N2S/c1-12-9-15(11-20-12)17(19-18)10-14-7-4-6-13-5-2-3-8-16(13)14/h2-9,11,17,19H,10,18H2,1H3. The second-order valence-electron chi connectivity index (χ2n) is 5.05. The predicted molar refractivity (Wildman–Crippen MR) is 86.8 cm³/mol. The van der Waals surface area contributed by atoms with Crippen molar-refractivity contribution in [3.05, 3.63) is 69.9 Å². The monoisotopic (exact) mass is 282 g/mol. The third-order valence-electron chi connectivity index (χ3n) is 3.66. The van der Waals surface area contributed by atoms with E-state index < -0.39 is 0 Å². The third-order valence-corrected chi connectivity index (χ3v) is 4.54. The lowest BCUT2D eigenvalue weighted by atomic mass is 9.96. The Balaban J connectivity index is 1.95. The van der Waals surface area contributed by atoms with Crippen LogP contribution in [-0.2, 0) is 6.42 Å². The van der Waals surface area contributed by atoms with Crippen LogP contribution in [0.4, 0.5) is 0 Å². The quantitative estimate of drug-likeness (QED) is 0.561. The molecule has 0 amide bonds. The van der Waals surface area contributed by atoms with E-state index in [9.17, 15) is 0 Å². The van der Waals surface area contributed by atoms with Crippen LogP contribution in [0.2, 0.25) is 0 Å². The number of fused-ring (bicyclic) bond motifs is 1. The first-order valence-corrected chi connectivity index (χ1v) is 7.63. The van der Waals surface area contributed by atoms with Crippen molar-refractivity contribution in [1.82, 2.24) is 5.43 Å². The van der Waals surface area contributed by atoms with Crippen molar-refractivity contribution in [1.29, 1.82) is 0 Å². The molecule has 0 aliphatic carbocycles. The molecule has 0 radical (unpaired) electrons. The zero-order valence-corrected chi connectivity index (χ0v) is 12.3. The lowest BCUT2D eigenvalue weighted by Crippen LogP contribution is -2.29. The van der Waals surface area contributed by atoms with Crippen LogP contribution in [0.3, 0.4) is 0 Å². The molecular formula is C17H18N2S. The Kier molecular flexibility index (Phi) is 3.83. The second-order valence-corrected chi connectivity index (χ2v) is 6.17. The van der Waals surface area contributed by atoms with Crippen molar-refractivity contribution in [3.8, 4) is 0 Å². The molecule has 0 saturated carbocycles. The maximum atomic E-state index is 5.76. The number of thiophene rings is 1. The predicted octanol–water partition coefficient (Wildman–Crippen LogP) is 3.96. The summed E-state index contributed by atoms with van der Waals surface area (Å²) in [5.41, 5.74) is 5.55. The molecule has 3 rings (SSSR count). The fraction of sp³-hybridized carbons (Fsp3) is 0.176. The summed E-state index contributed by atoms with van der Waals surface area (Å²) in [7, 11) is 0. The van der Waals surface area contributed by atoms with Crippen molar-refractivity contribution in [2.24, 2.45) is 5.84 Å². The summed E-state index contributed by atoms with van der Waals surface area (Å²) in [6.07, 6.45) is 0.897. The summed E-state index contributed by atoms with van der Waals surface area (Å²) in [5.74, 6) is 5.76. The fourth-order valence-corrected chi connectivity index (χ4v) is 3.37. The van der Waals surface area contributed by atoms with Gasteiger partial charge in [0.1, 0.15) is 0 Å². The van der Waals surface area contributed by atoms with Gasteiger partial charge in [0.25, 0.3) is 0 Å². The molecule has 3 aromatic rings. The summed E-state index contributed by atoms with van der Waals surface area (Å²) in [4.78, 5) is 1.32. The van der Waals surface area contributed by atoms with Gasteiger partial charge in [-0.3, -0.25) is 11.3 Å². The Morgan fingerprint density at radius 1 is 1.15 bits per heavy atom. The van der Waals surface area contributed by atoms with E-state index in [-0.39, 0.29) is 6.04 Å². The van der Waals surface area contributed by atoms with Crippen LogP contribution in [-0.4, -0.2) is 0 Å². The topological polar surface area (TPSA) is 38.0 Å². The molecule has 0 aliphatic rings. The Bertz CT molecular complexity index is 712. The Labute approximate surface area is 123 Å². The SMILES string of the molecule is Cc1cc(C(Cc2cccc3ccccc23)NN)cs1. The highest BCUT2D eigenvalue weighted by molar-refractivity contribution is 7.10. The molecule has 2 nitrogen and oxygen atoms in total. The summed E-state index contributed by atoms with van der Waals surface area (Å²) in [6.45, 7) is 2.12. The molecule has 0 aliphatic heterocycles. The molecule has 1 aromatic heterocycles. The molecule has 0 saturated heterocycles. The summed E-state index contributed by atoms with van der Waals surface area (Å²) in [6, 6.07) is 17.3. The number of rotatable bonds is 4. The highest BCUT2D eigenvalue weighted by Gasteiger charge is 2.13. The zero-order chi connectivity index (χ0) is 13.9. The van der Waals surface area contributed by atoms with E-state index in [2.05, 4.69) is 66.3 Å². The van der Waals surface area contributed by atoms with Gasteiger partial charge < -0.3 is 0 Å². The first kappa shape index (κ1) is 13.3. The van der Waals surface area contributed by atoms with Gasteiger partial charge >= 0.3 is 0 Å². The number of hydrogen-bond acceptors (Lipinski definition) is 3. The molecule has 3 heteroatoms. The van der Waals surface area contributed by atoms with Crippen LogP contribution in [0.25, 0.3) is 10.8 Å². The van der Waals surface area contributed by atoms with Gasteiger partial charge in [-0.05, 0) is 46.7 Å². The minimum Gasteiger partial charge on any atom is -0.271 e. The number of nitrogens with two attached hydrogens (primary N) is 1. The summed E-state index contributed by atoms with van der Waals surface area (Å²) in [5, 5.41) is 4.77. The average molecular weight is 282 g/mol. The van der Waals surface area contributed by atoms with Crippen LogP contribution in [0.15, 0.2) is 53.9 Å². The normalized spacial score (nSPS) is 12.7. The van der Waals surface area contributed by atoms with Crippen molar-refractivity contribution in [2.45, 2.75) is 19.4 Å². The Morgan fingerprint density at radius 2 is 1.95 bits per heavy atom. The van der Waals surface area contributed by atoms with Crippen LogP contribution in [0.1, 0.15) is 22.0 Å². The van der Waals surface area contributed by atoms with Gasteiger partial charge in [0.05, 0.1) is 6.04 Å². The van der Waals surface area contributed by atoms with E-state index >= 15 is 0 Å². The number of benzene rings is 2. The van der Waals surface area contributed by atoms with Crippen LogP contribution < -0.4 is 11.3 Å². The lowest BCUT2D eigenvalue weighted by Gasteiger charge is -2.16. The molecule has 1 atom stereocenters. The summed E-state index contributed by atoms with van der Waals surface area (Å²) >= 11 is 1.77. The van der Waals surface area contributed by atoms with E-state index in [0.29, 0.717) is 0 Å². The van der Waals surface area contributed by atoms with Gasteiger partial charge in [0, 0.05) is 4.88 Å². The van der Waals surface area contributed by atoms with Gasteiger partial charge in [0.2, 0.25) is 0 Å². The minimum atomic E-state index is 0.158. The molecular weight excluding hydrogens is 264 g/mol. The molecule has 3 N–H and O–H groups in total. The average Bonchev–Trinajstić information content (AvgIpc) is 2.91. The van der Waals surface area contributed by atoms with Crippen molar-refractivity contribution in [2.75, 3.05) is 0 Å². The molecule has 1 unspecified atom stereocenters. The van der Waals surface area contributed by atoms with Crippen LogP contribution >= 0.6 is 11.3 Å². The maximum absolute atomic E-state index is 5.76. The smallest absolute Gasteiger partial charge is 0.0508 e. The van der Waals surface area contributed by atoms with Crippen LogP contribution in [0.5, 0.6) is 0 Å².